The highest BCUT2D eigenvalue weighted by Crippen LogP contribution is 2.27. The van der Waals surface area contributed by atoms with Gasteiger partial charge in [0.05, 0.1) is 25.2 Å². The van der Waals surface area contributed by atoms with Crippen molar-refractivity contribution in [3.63, 3.8) is 0 Å². The summed E-state index contributed by atoms with van der Waals surface area (Å²) in [5.74, 6) is -0.121. The van der Waals surface area contributed by atoms with Gasteiger partial charge in [0.15, 0.2) is 0 Å². The number of carbonyl (C=O) groups excluding carboxylic acids is 1. The Bertz CT molecular complexity index is 860. The SMILES string of the molecule is CS(=O)(=O)N(CCCC(=O)NCCOCc1ccccc1)c1ccccc1Br. The fraction of sp³-hybridized carbons (Fsp3) is 0.350. The van der Waals surface area contributed by atoms with Crippen molar-refractivity contribution in [2.45, 2.75) is 19.4 Å². The lowest BCUT2D eigenvalue weighted by Gasteiger charge is -2.23. The standard InChI is InChI=1S/C20H25BrN2O4S/c1-28(25,26)23(19-11-6-5-10-18(19)21)14-7-12-20(24)22-13-15-27-16-17-8-3-2-4-9-17/h2-6,8-11H,7,12-16H2,1H3,(H,22,24). The van der Waals surface area contributed by atoms with Crippen LogP contribution in [0, 0.1) is 0 Å². The Morgan fingerprint density at radius 3 is 2.46 bits per heavy atom. The third-order valence-corrected chi connectivity index (χ3v) is 5.82. The minimum Gasteiger partial charge on any atom is -0.375 e. The van der Waals surface area contributed by atoms with Gasteiger partial charge in [-0.25, -0.2) is 8.42 Å². The number of nitrogens with zero attached hydrogens (tertiary/aromatic N) is 1. The van der Waals surface area contributed by atoms with Gasteiger partial charge in [-0.2, -0.15) is 0 Å². The molecule has 2 aromatic carbocycles. The fourth-order valence-corrected chi connectivity index (χ4v) is 4.21. The van der Waals surface area contributed by atoms with E-state index >= 15 is 0 Å². The molecule has 0 saturated carbocycles. The Morgan fingerprint density at radius 2 is 1.79 bits per heavy atom. The number of sulfonamides is 1. The topological polar surface area (TPSA) is 75.7 Å². The van der Waals surface area contributed by atoms with Crippen LogP contribution in [0.25, 0.3) is 0 Å². The van der Waals surface area contributed by atoms with Crippen LogP contribution in [0.1, 0.15) is 18.4 Å². The van der Waals surface area contributed by atoms with Crippen LogP contribution in [-0.4, -0.2) is 40.3 Å². The van der Waals surface area contributed by atoms with Crippen molar-refractivity contribution in [2.75, 3.05) is 30.3 Å². The summed E-state index contributed by atoms with van der Waals surface area (Å²) in [5.41, 5.74) is 1.65. The second-order valence-corrected chi connectivity index (χ2v) is 9.04. The van der Waals surface area contributed by atoms with Crippen molar-refractivity contribution in [2.24, 2.45) is 0 Å². The van der Waals surface area contributed by atoms with Crippen LogP contribution in [-0.2, 0) is 26.2 Å². The van der Waals surface area contributed by atoms with Crippen LogP contribution in [0.4, 0.5) is 5.69 Å². The number of anilines is 1. The zero-order chi connectivity index (χ0) is 20.4. The van der Waals surface area contributed by atoms with Gasteiger partial charge < -0.3 is 10.1 Å². The number of hydrogen-bond donors (Lipinski definition) is 1. The van der Waals surface area contributed by atoms with Crippen LogP contribution < -0.4 is 9.62 Å². The van der Waals surface area contributed by atoms with Gasteiger partial charge in [0, 0.05) is 24.0 Å². The second kappa shape index (κ2) is 11.2. The monoisotopic (exact) mass is 468 g/mol. The zero-order valence-electron chi connectivity index (χ0n) is 15.8. The maximum absolute atomic E-state index is 12.1. The summed E-state index contributed by atoms with van der Waals surface area (Å²) in [4.78, 5) is 12.0. The molecule has 0 spiro atoms. The number of hydrogen-bond acceptors (Lipinski definition) is 4. The highest BCUT2D eigenvalue weighted by molar-refractivity contribution is 9.10. The molecular weight excluding hydrogens is 444 g/mol. The number of para-hydroxylation sites is 1. The smallest absolute Gasteiger partial charge is 0.232 e. The maximum atomic E-state index is 12.1. The molecule has 152 valence electrons. The predicted molar refractivity (Wildman–Crippen MR) is 115 cm³/mol. The van der Waals surface area contributed by atoms with Crippen LogP contribution in [0.2, 0.25) is 0 Å². The number of ether oxygens (including phenoxy) is 1. The Balaban J connectivity index is 1.70. The first-order valence-electron chi connectivity index (χ1n) is 8.98. The molecule has 1 N–H and O–H groups in total. The van der Waals surface area contributed by atoms with E-state index in [1.165, 1.54) is 4.31 Å². The first-order valence-corrected chi connectivity index (χ1v) is 11.6. The molecule has 1 amide bonds. The molecule has 0 heterocycles. The van der Waals surface area contributed by atoms with E-state index in [0.29, 0.717) is 36.3 Å². The minimum absolute atomic E-state index is 0.121. The molecule has 0 aromatic heterocycles. The average molecular weight is 469 g/mol. The summed E-state index contributed by atoms with van der Waals surface area (Å²) < 4.78 is 31.7. The zero-order valence-corrected chi connectivity index (χ0v) is 18.2. The van der Waals surface area contributed by atoms with Gasteiger partial charge in [-0.3, -0.25) is 9.10 Å². The first-order chi connectivity index (χ1) is 13.4. The molecule has 0 saturated heterocycles. The van der Waals surface area contributed by atoms with Crippen molar-refractivity contribution < 1.29 is 17.9 Å². The van der Waals surface area contributed by atoms with Crippen LogP contribution >= 0.6 is 15.9 Å². The second-order valence-electron chi connectivity index (χ2n) is 6.28. The highest BCUT2D eigenvalue weighted by atomic mass is 79.9. The predicted octanol–water partition coefficient (Wildman–Crippen LogP) is 3.33. The van der Waals surface area contributed by atoms with E-state index in [1.807, 2.05) is 36.4 Å². The first kappa shape index (κ1) is 22.4. The molecule has 0 aliphatic rings. The largest absolute Gasteiger partial charge is 0.375 e. The lowest BCUT2D eigenvalue weighted by molar-refractivity contribution is -0.121. The molecule has 0 atom stereocenters. The molecule has 28 heavy (non-hydrogen) atoms. The maximum Gasteiger partial charge on any atom is 0.232 e. The van der Waals surface area contributed by atoms with Gasteiger partial charge in [-0.1, -0.05) is 42.5 Å². The lowest BCUT2D eigenvalue weighted by Crippen LogP contribution is -2.33. The normalized spacial score (nSPS) is 11.2. The Hall–Kier alpha value is -1.90. The molecule has 0 unspecified atom stereocenters. The number of halogens is 1. The van der Waals surface area contributed by atoms with Gasteiger partial charge >= 0.3 is 0 Å². The molecule has 0 radical (unpaired) electrons. The molecule has 8 heteroatoms. The number of amides is 1. The van der Waals surface area contributed by atoms with E-state index in [1.54, 1.807) is 18.2 Å². The fourth-order valence-electron chi connectivity index (χ4n) is 2.62. The summed E-state index contributed by atoms with van der Waals surface area (Å²) in [7, 11) is -3.44. The number of carbonyl (C=O) groups is 1. The van der Waals surface area contributed by atoms with Crippen LogP contribution in [0.5, 0.6) is 0 Å². The third kappa shape index (κ3) is 7.61. The molecule has 0 aliphatic carbocycles. The van der Waals surface area contributed by atoms with Crippen molar-refractivity contribution >= 4 is 37.5 Å². The van der Waals surface area contributed by atoms with Gasteiger partial charge in [-0.05, 0) is 40.0 Å². The van der Waals surface area contributed by atoms with Crippen molar-refractivity contribution in [1.29, 1.82) is 0 Å². The summed E-state index contributed by atoms with van der Waals surface area (Å²) >= 11 is 3.38. The van der Waals surface area contributed by atoms with Gasteiger partial charge in [0.25, 0.3) is 0 Å². The van der Waals surface area contributed by atoms with E-state index in [-0.39, 0.29) is 18.9 Å². The van der Waals surface area contributed by atoms with Gasteiger partial charge in [0.2, 0.25) is 15.9 Å². The van der Waals surface area contributed by atoms with Crippen molar-refractivity contribution in [1.82, 2.24) is 5.32 Å². The van der Waals surface area contributed by atoms with Crippen molar-refractivity contribution in [3.05, 3.63) is 64.6 Å². The lowest BCUT2D eigenvalue weighted by atomic mass is 10.2. The highest BCUT2D eigenvalue weighted by Gasteiger charge is 2.19. The van der Waals surface area contributed by atoms with Crippen LogP contribution in [0.3, 0.4) is 0 Å². The summed E-state index contributed by atoms with van der Waals surface area (Å²) in [5, 5.41) is 2.79. The van der Waals surface area contributed by atoms with Gasteiger partial charge in [0.1, 0.15) is 0 Å². The van der Waals surface area contributed by atoms with E-state index in [4.69, 9.17) is 4.74 Å². The van der Waals surface area contributed by atoms with E-state index in [0.717, 1.165) is 11.8 Å². The molecule has 0 aliphatic heterocycles. The number of rotatable bonds is 11. The van der Waals surface area contributed by atoms with E-state index < -0.39 is 10.0 Å². The average Bonchev–Trinajstić information content (AvgIpc) is 2.66. The number of benzene rings is 2. The molecule has 2 aromatic rings. The number of nitrogens with one attached hydrogen (secondary N) is 1. The molecular formula is C20H25BrN2O4S. The Labute approximate surface area is 175 Å². The minimum atomic E-state index is -3.44. The quantitative estimate of drug-likeness (QED) is 0.513. The third-order valence-electron chi connectivity index (χ3n) is 3.97. The Morgan fingerprint density at radius 1 is 1.11 bits per heavy atom. The summed E-state index contributed by atoms with van der Waals surface area (Å²) in [6, 6.07) is 16.9. The molecule has 0 fully saturated rings. The summed E-state index contributed by atoms with van der Waals surface area (Å²) in [6.45, 7) is 1.59. The van der Waals surface area contributed by atoms with E-state index in [9.17, 15) is 13.2 Å². The van der Waals surface area contributed by atoms with Gasteiger partial charge in [-0.15, -0.1) is 0 Å². The molecule has 0 bridgehead atoms. The van der Waals surface area contributed by atoms with Crippen molar-refractivity contribution in [3.8, 4) is 0 Å². The molecule has 6 nitrogen and oxygen atoms in total. The van der Waals surface area contributed by atoms with E-state index in [2.05, 4.69) is 21.2 Å². The molecule has 2 rings (SSSR count). The summed E-state index contributed by atoms with van der Waals surface area (Å²) in [6.07, 6.45) is 1.83. The van der Waals surface area contributed by atoms with Crippen LogP contribution in [0.15, 0.2) is 59.1 Å². The Kier molecular flexibility index (Phi) is 8.95.